The van der Waals surface area contributed by atoms with Crippen LogP contribution in [0.5, 0.6) is 5.75 Å². The quantitative estimate of drug-likeness (QED) is 0.386. The number of hydrogen-bond donors (Lipinski definition) is 4. The number of carbonyl (C=O) groups excluding carboxylic acids is 1. The van der Waals surface area contributed by atoms with Gasteiger partial charge in [0, 0.05) is 18.2 Å². The van der Waals surface area contributed by atoms with Crippen molar-refractivity contribution in [3.63, 3.8) is 0 Å². The van der Waals surface area contributed by atoms with Gasteiger partial charge in [-0.15, -0.1) is 0 Å². The number of para-hydroxylation sites is 1. The second-order valence-corrected chi connectivity index (χ2v) is 6.66. The molecule has 2 rings (SSSR count). The minimum Gasteiger partial charge on any atom is -0.496 e. The number of rotatable bonds is 8. The SMILES string of the molecule is COc1ccccc1C(C)NCC(=O)NCCC1=CCCCC1.O=C(O)C(=O)O. The summed E-state index contributed by atoms with van der Waals surface area (Å²) in [5.74, 6) is -2.76. The first-order valence-corrected chi connectivity index (χ1v) is 9.62. The summed E-state index contributed by atoms with van der Waals surface area (Å²) in [5.41, 5.74) is 2.56. The highest BCUT2D eigenvalue weighted by atomic mass is 16.5. The van der Waals surface area contributed by atoms with Crippen LogP contribution in [0.25, 0.3) is 0 Å². The molecule has 1 atom stereocenters. The molecule has 0 aromatic heterocycles. The first-order valence-electron chi connectivity index (χ1n) is 9.62. The molecule has 0 heterocycles. The van der Waals surface area contributed by atoms with Crippen LogP contribution in [0.2, 0.25) is 0 Å². The molecule has 1 unspecified atom stereocenters. The topological polar surface area (TPSA) is 125 Å². The van der Waals surface area contributed by atoms with E-state index >= 15 is 0 Å². The van der Waals surface area contributed by atoms with E-state index in [0.29, 0.717) is 6.54 Å². The summed E-state index contributed by atoms with van der Waals surface area (Å²) in [5, 5.41) is 21.0. The van der Waals surface area contributed by atoms with Gasteiger partial charge < -0.3 is 25.6 Å². The van der Waals surface area contributed by atoms with Gasteiger partial charge in [0.05, 0.1) is 13.7 Å². The Kier molecular flexibility index (Phi) is 11.1. The van der Waals surface area contributed by atoms with Crippen LogP contribution in [0.1, 0.15) is 50.6 Å². The van der Waals surface area contributed by atoms with E-state index in [1.807, 2.05) is 31.2 Å². The van der Waals surface area contributed by atoms with Gasteiger partial charge in [-0.05, 0) is 45.1 Å². The summed E-state index contributed by atoms with van der Waals surface area (Å²) in [6.07, 6.45) is 8.30. The fourth-order valence-corrected chi connectivity index (χ4v) is 2.94. The third-order valence-electron chi connectivity index (χ3n) is 4.51. The molecule has 8 heteroatoms. The second-order valence-electron chi connectivity index (χ2n) is 6.66. The van der Waals surface area contributed by atoms with Crippen LogP contribution in [-0.4, -0.2) is 48.3 Å². The van der Waals surface area contributed by atoms with E-state index in [4.69, 9.17) is 24.5 Å². The molecule has 8 nitrogen and oxygen atoms in total. The maximum absolute atomic E-state index is 12.0. The molecule has 0 saturated heterocycles. The van der Waals surface area contributed by atoms with Crippen molar-refractivity contribution in [3.05, 3.63) is 41.5 Å². The van der Waals surface area contributed by atoms with E-state index in [1.165, 1.54) is 31.3 Å². The van der Waals surface area contributed by atoms with Gasteiger partial charge in [-0.3, -0.25) is 4.79 Å². The normalized spacial score (nSPS) is 13.9. The van der Waals surface area contributed by atoms with Crippen molar-refractivity contribution in [1.82, 2.24) is 10.6 Å². The largest absolute Gasteiger partial charge is 0.496 e. The molecule has 0 fully saturated rings. The van der Waals surface area contributed by atoms with Crippen molar-refractivity contribution in [2.75, 3.05) is 20.2 Å². The zero-order valence-corrected chi connectivity index (χ0v) is 16.9. The number of hydrogen-bond acceptors (Lipinski definition) is 5. The lowest BCUT2D eigenvalue weighted by molar-refractivity contribution is -0.159. The Morgan fingerprint density at radius 2 is 1.83 bits per heavy atom. The summed E-state index contributed by atoms with van der Waals surface area (Å²) >= 11 is 0. The minimum atomic E-state index is -1.82. The predicted molar refractivity (Wildman–Crippen MR) is 109 cm³/mol. The summed E-state index contributed by atoms with van der Waals surface area (Å²) in [4.78, 5) is 30.1. The van der Waals surface area contributed by atoms with Gasteiger partial charge in [-0.1, -0.05) is 29.8 Å². The zero-order chi connectivity index (χ0) is 21.6. The van der Waals surface area contributed by atoms with Gasteiger partial charge in [0.25, 0.3) is 0 Å². The van der Waals surface area contributed by atoms with Gasteiger partial charge in [-0.25, -0.2) is 9.59 Å². The van der Waals surface area contributed by atoms with Crippen LogP contribution in [-0.2, 0) is 14.4 Å². The van der Waals surface area contributed by atoms with Crippen LogP contribution < -0.4 is 15.4 Å². The predicted octanol–water partition coefficient (Wildman–Crippen LogP) is 2.51. The van der Waals surface area contributed by atoms with Crippen molar-refractivity contribution in [2.24, 2.45) is 0 Å². The molecule has 160 valence electrons. The van der Waals surface area contributed by atoms with Gasteiger partial charge in [-0.2, -0.15) is 0 Å². The number of benzene rings is 1. The second kappa shape index (κ2) is 13.3. The Labute approximate surface area is 171 Å². The lowest BCUT2D eigenvalue weighted by Crippen LogP contribution is -2.35. The molecule has 0 bridgehead atoms. The molecule has 1 aliphatic rings. The number of carboxylic acids is 2. The van der Waals surface area contributed by atoms with Crippen LogP contribution in [0, 0.1) is 0 Å². The van der Waals surface area contributed by atoms with Gasteiger partial charge in [0.1, 0.15) is 5.75 Å². The number of aliphatic carboxylic acids is 2. The van der Waals surface area contributed by atoms with Crippen molar-refractivity contribution in [2.45, 2.75) is 45.1 Å². The van der Waals surface area contributed by atoms with Crippen LogP contribution in [0.15, 0.2) is 35.9 Å². The number of carbonyl (C=O) groups is 3. The summed E-state index contributed by atoms with van der Waals surface area (Å²) in [7, 11) is 1.66. The zero-order valence-electron chi connectivity index (χ0n) is 16.9. The summed E-state index contributed by atoms with van der Waals surface area (Å²) < 4.78 is 5.36. The number of ether oxygens (including phenoxy) is 1. The molecular weight excluding hydrogens is 376 g/mol. The van der Waals surface area contributed by atoms with E-state index in [1.54, 1.807) is 7.11 Å². The highest BCUT2D eigenvalue weighted by molar-refractivity contribution is 6.27. The van der Waals surface area contributed by atoms with Crippen molar-refractivity contribution in [1.29, 1.82) is 0 Å². The third-order valence-corrected chi connectivity index (χ3v) is 4.51. The van der Waals surface area contributed by atoms with Crippen molar-refractivity contribution in [3.8, 4) is 5.75 Å². The van der Waals surface area contributed by atoms with Crippen molar-refractivity contribution < 1.29 is 29.3 Å². The first kappa shape index (κ1) is 24.2. The molecule has 29 heavy (non-hydrogen) atoms. The average molecular weight is 406 g/mol. The molecule has 1 amide bonds. The molecule has 1 aliphatic carbocycles. The van der Waals surface area contributed by atoms with Crippen LogP contribution in [0.4, 0.5) is 0 Å². The maximum atomic E-state index is 12.0. The Morgan fingerprint density at radius 1 is 1.14 bits per heavy atom. The molecule has 1 aromatic carbocycles. The Balaban J connectivity index is 0.000000612. The van der Waals surface area contributed by atoms with Crippen LogP contribution >= 0.6 is 0 Å². The Bertz CT molecular complexity index is 705. The van der Waals surface area contributed by atoms with E-state index in [0.717, 1.165) is 24.3 Å². The van der Waals surface area contributed by atoms with E-state index in [9.17, 15) is 4.79 Å². The number of nitrogens with one attached hydrogen (secondary N) is 2. The average Bonchev–Trinajstić information content (AvgIpc) is 2.73. The van der Waals surface area contributed by atoms with Gasteiger partial charge in [0.2, 0.25) is 5.91 Å². The number of carboxylic acid groups (broad SMARTS) is 2. The van der Waals surface area contributed by atoms with Gasteiger partial charge >= 0.3 is 11.9 Å². The third kappa shape index (κ3) is 9.75. The summed E-state index contributed by atoms with van der Waals surface area (Å²) in [6, 6.07) is 7.95. The standard InChI is InChI=1S/C19H28N2O2.C2H2O4/c1-15(17-10-6-7-11-18(17)23-2)21-14-19(22)20-13-12-16-8-4-3-5-9-16;3-1(4)2(5)6/h6-8,10-11,15,21H,3-5,9,12-14H2,1-2H3,(H,20,22);(H,3,4)(H,5,6). The number of methoxy groups -OCH3 is 1. The first-order chi connectivity index (χ1) is 13.8. The molecule has 0 radical (unpaired) electrons. The summed E-state index contributed by atoms with van der Waals surface area (Å²) in [6.45, 7) is 3.09. The molecule has 0 saturated carbocycles. The van der Waals surface area contributed by atoms with E-state index in [2.05, 4.69) is 16.7 Å². The van der Waals surface area contributed by atoms with Gasteiger partial charge in [0.15, 0.2) is 0 Å². The van der Waals surface area contributed by atoms with E-state index < -0.39 is 11.9 Å². The smallest absolute Gasteiger partial charge is 0.414 e. The Hall–Kier alpha value is -2.87. The lowest BCUT2D eigenvalue weighted by Gasteiger charge is -2.17. The molecule has 4 N–H and O–H groups in total. The molecule has 0 spiro atoms. The fourth-order valence-electron chi connectivity index (χ4n) is 2.94. The number of amides is 1. The molecule has 0 aliphatic heterocycles. The van der Waals surface area contributed by atoms with Crippen molar-refractivity contribution >= 4 is 17.8 Å². The highest BCUT2D eigenvalue weighted by Crippen LogP contribution is 2.24. The Morgan fingerprint density at radius 3 is 2.41 bits per heavy atom. The molecular formula is C21H30N2O6. The monoisotopic (exact) mass is 406 g/mol. The lowest BCUT2D eigenvalue weighted by atomic mass is 9.97. The van der Waals surface area contributed by atoms with E-state index in [-0.39, 0.29) is 11.9 Å². The minimum absolute atomic E-state index is 0.0446. The molecule has 1 aromatic rings. The van der Waals surface area contributed by atoms with Crippen LogP contribution in [0.3, 0.4) is 0 Å². The number of allylic oxidation sites excluding steroid dienone is 1. The maximum Gasteiger partial charge on any atom is 0.414 e. The fraction of sp³-hybridized carbons (Fsp3) is 0.476. The highest BCUT2D eigenvalue weighted by Gasteiger charge is 2.12.